The summed E-state index contributed by atoms with van der Waals surface area (Å²) in [5, 5.41) is 0. The molecule has 2 fully saturated rings. The Bertz CT molecular complexity index is 7430. The van der Waals surface area contributed by atoms with Crippen molar-refractivity contribution in [1.82, 2.24) is 14.7 Å². The number of likely N-dealkylation sites (tertiary alicyclic amines) is 1. The van der Waals surface area contributed by atoms with Crippen molar-refractivity contribution in [3.05, 3.63) is 71.8 Å². The van der Waals surface area contributed by atoms with E-state index < -0.39 is 0 Å². The van der Waals surface area contributed by atoms with Crippen LogP contribution in [0.2, 0.25) is 0 Å². The van der Waals surface area contributed by atoms with Crippen molar-refractivity contribution in [2.45, 2.75) is 45.2 Å². The molecule has 6 nitrogen and oxygen atoms in total. The van der Waals surface area contributed by atoms with Crippen LogP contribution in [0.4, 0.5) is 4.79 Å². The number of benzene rings is 2. The van der Waals surface area contributed by atoms with Crippen LogP contribution in [-0.2, 0) is 729 Å². The maximum absolute atomic E-state index is 13.4. The van der Waals surface area contributed by atoms with E-state index in [9.17, 15) is 9.59 Å². The molecule has 4 rings (SSSR count). The van der Waals surface area contributed by atoms with Gasteiger partial charge >= 0.3 is 6.03 Å². The van der Waals surface area contributed by atoms with E-state index in [1.165, 1.54) is 28.9 Å². The van der Waals surface area contributed by atoms with Crippen LogP contribution < -0.4 is 5.73 Å². The van der Waals surface area contributed by atoms with Crippen molar-refractivity contribution < 1.29 is 9.59 Å². The molecule has 3 amide bonds. The predicted molar refractivity (Wildman–Crippen MR) is 732 cm³/mol. The standard InChI is InChI=1S/C28H38N4O2.S81/c1-21(2)25-20-31(27(23-9-5-3-6-10-23)24-11-7-4-8-12-24)17-18-32(25)26(33)19-22-13-15-30(16-14-22)28(29)34;1-3-5-7-9-11-13-15-17-19-21-23-25-27-29-31-33-35-37-39-41-43-45-47-49-51-53-55-57-59-61-63-65-67-69-71-73-75-77-79-81-80-78-76-74-72-70-68-66-64-62-60-58-56-54-52-50-48-46-44-42-40-38-36-34-32-30-28-26-24-22-20-18-16-14-12-10-8-6-4-2/h3-12,21-22,25,27H,13-20H2,1-2H3,(H2,29,34);/t25-;/m1./s1. The summed E-state index contributed by atoms with van der Waals surface area (Å²) >= 11 is 9.65. The zero-order chi connectivity index (χ0) is 81.9. The highest BCUT2D eigenvalue weighted by molar-refractivity contribution is 8.85. The number of urea groups is 1. The average molecular weight is 3060 g/mol. The van der Waals surface area contributed by atoms with Gasteiger partial charge in [0.05, 0.1) is 6.04 Å². The molecule has 668 valence electrons. The number of hydrogen-bond acceptors (Lipinski definition) is 5. The van der Waals surface area contributed by atoms with Gasteiger partial charge in [-0.3, -0.25) is 9.69 Å². The molecule has 0 radical (unpaired) electrons. The molecular weight excluding hydrogens is 3020 g/mol. The minimum Gasteiger partial charge on any atom is -0.351 e. The molecule has 0 saturated carbocycles. The van der Waals surface area contributed by atoms with Gasteiger partial charge in [-0.25, -0.2) is 4.79 Å². The first-order valence-electron chi connectivity index (χ1n) is 25.9. The van der Waals surface area contributed by atoms with Crippen molar-refractivity contribution in [1.29, 1.82) is 0 Å². The topological polar surface area (TPSA) is 69.9 Å². The number of hydrogen-bond donors (Lipinski definition) is 1. The summed E-state index contributed by atoms with van der Waals surface area (Å²) in [5.41, 5.74) is 7.99. The van der Waals surface area contributed by atoms with E-state index >= 15 is 0 Å². The Morgan fingerprint density at radius 2 is 0.496 bits per heavy atom. The summed E-state index contributed by atoms with van der Waals surface area (Å²) in [6.45, 7) is 8.22. The van der Waals surface area contributed by atoms with E-state index in [2.05, 4.69) is 84.3 Å². The molecule has 0 unspecified atom stereocenters. The van der Waals surface area contributed by atoms with Crippen molar-refractivity contribution >= 4 is 736 Å². The zero-order valence-corrected chi connectivity index (χ0v) is 120. The van der Waals surface area contributed by atoms with E-state index in [4.69, 9.17) is 28.1 Å². The van der Waals surface area contributed by atoms with Crippen LogP contribution >= 0.6 is 0 Å². The molecule has 0 aliphatic carbocycles. The van der Waals surface area contributed by atoms with Gasteiger partial charge < -0.3 is 15.5 Å². The lowest BCUT2D eigenvalue weighted by Gasteiger charge is -2.47. The highest BCUT2D eigenvalue weighted by Crippen LogP contribution is 2.33. The number of piperazine rings is 1. The number of amides is 3. The SMILES string of the molecule is CC(C)[C@H]1CN(C(c2ccccc2)c2ccccc2)CCN1C(=O)CC1CCN(C(N)=O)CC1.S=S=S=S=S=S=S=S=S=S=S=S=S=S=S=S=S=S=S=S=S=S=S=S=S=S=S=S=S=S=S=S=S=S=S=S=S=S=S=S=S=S=S=S=S=S=S=S=S=S=S=S=S=S=S=S=S=S=S=S=S=S=S=S=S=S=S=S=S=S=S=S=S=S=S=S=S=S=S=S=S. The van der Waals surface area contributed by atoms with Crippen molar-refractivity contribution in [3.63, 3.8) is 0 Å². The zero-order valence-electron chi connectivity index (χ0n) is 53.5. The molecule has 1 atom stereocenters. The number of rotatable bonds is 6. The second-order valence-electron chi connectivity index (χ2n) is 15.5. The van der Waals surface area contributed by atoms with Crippen LogP contribution in [0.25, 0.3) is 0 Å². The summed E-state index contributed by atoms with van der Waals surface area (Å²) in [5.74, 6) is 0.956. The Labute approximate surface area is 903 Å². The summed E-state index contributed by atoms with van der Waals surface area (Å²) in [6, 6.07) is 21.4. The molecule has 115 heavy (non-hydrogen) atoms. The molecular formula is C28H38N4O2S81. The molecule has 2 aromatic carbocycles. The summed E-state index contributed by atoms with van der Waals surface area (Å²) in [6.07, 6.45) is 2.27. The van der Waals surface area contributed by atoms with Crippen LogP contribution in [0.5, 0.6) is 0 Å². The maximum Gasteiger partial charge on any atom is 0.314 e. The third-order valence-corrected chi connectivity index (χ3v) is 183. The first kappa shape index (κ1) is 124. The van der Waals surface area contributed by atoms with Gasteiger partial charge in [-0.2, -0.15) is 0 Å². The molecule has 2 aromatic rings. The monoisotopic (exact) mass is 3050 g/mol. The highest BCUT2D eigenvalue weighted by Gasteiger charge is 2.37. The molecule has 0 spiro atoms. The average Bonchev–Trinajstić information content (AvgIpc) is 0.792. The molecule has 2 N–H and O–H groups in total. The first-order chi connectivity index (χ1) is 56.8. The second kappa shape index (κ2) is 100. The smallest absolute Gasteiger partial charge is 0.314 e. The van der Waals surface area contributed by atoms with Gasteiger partial charge in [-0.1, -0.05) is 74.5 Å². The molecule has 2 heterocycles. The van der Waals surface area contributed by atoms with Gasteiger partial charge in [0.1, 0.15) is 0 Å². The number of carbonyl (C=O) groups is 2. The van der Waals surface area contributed by atoms with Crippen molar-refractivity contribution in [2.75, 3.05) is 32.7 Å². The quantitative estimate of drug-likeness (QED) is 0.476. The molecule has 0 aromatic heterocycles. The van der Waals surface area contributed by atoms with Gasteiger partial charge in [0, 0.05) is 769 Å². The fourth-order valence-corrected chi connectivity index (χ4v) is 218. The van der Waals surface area contributed by atoms with E-state index in [0.29, 0.717) is 31.3 Å². The van der Waals surface area contributed by atoms with Gasteiger partial charge in [0.15, 0.2) is 0 Å². The molecule has 2 aliphatic rings. The van der Waals surface area contributed by atoms with Crippen LogP contribution in [0.15, 0.2) is 60.7 Å². The Morgan fingerprint density at radius 3 is 0.670 bits per heavy atom. The molecule has 87 heteroatoms. The largest absolute Gasteiger partial charge is 0.351 e. The lowest BCUT2D eigenvalue weighted by Crippen LogP contribution is -2.58. The van der Waals surface area contributed by atoms with E-state index in [-0.39, 0.29) is 24.0 Å². The number of carbonyl (C=O) groups excluding carboxylic acids is 2. The summed E-state index contributed by atoms with van der Waals surface area (Å²) < 4.78 is 0. The normalized spacial score (nSPS) is 11.5. The molecule has 2 aliphatic heterocycles. The minimum atomic E-state index is -0.354. The van der Waals surface area contributed by atoms with E-state index in [1.807, 2.05) is 577 Å². The van der Waals surface area contributed by atoms with Gasteiger partial charge in [0.25, 0.3) is 0 Å². The Balaban J connectivity index is 0.000000822. The van der Waals surface area contributed by atoms with Gasteiger partial charge in [0.2, 0.25) is 5.91 Å². The van der Waals surface area contributed by atoms with E-state index in [0.717, 1.165) is 32.5 Å². The Kier molecular flexibility index (Phi) is 108. The van der Waals surface area contributed by atoms with Crippen LogP contribution in [-0.4, -0.2) is 65.4 Å². The fraction of sp³-hybridized carbons (Fsp3) is 0.500. The Morgan fingerprint density at radius 1 is 0.304 bits per heavy atom. The summed E-state index contributed by atoms with van der Waals surface area (Å²) in [7, 11) is 143. The highest BCUT2D eigenvalue weighted by atomic mass is 33.6. The Hall–Kier alpha value is 15.0. The lowest BCUT2D eigenvalue weighted by molar-refractivity contribution is -0.139. The number of nitrogens with zero attached hydrogens (tertiary/aromatic N) is 3. The predicted octanol–water partition coefficient (Wildman–Crippen LogP) is 3.93. The van der Waals surface area contributed by atoms with Crippen molar-refractivity contribution in [3.8, 4) is 0 Å². The second-order valence-corrected chi connectivity index (χ2v) is 155. The molecule has 2 saturated heterocycles. The van der Waals surface area contributed by atoms with E-state index in [1.54, 1.807) is 111 Å². The maximum atomic E-state index is 13.4. The van der Waals surface area contributed by atoms with Crippen molar-refractivity contribution in [2.24, 2.45) is 17.6 Å². The number of nitrogens with two attached hydrogens (primary N) is 1. The number of piperidine rings is 1. The van der Waals surface area contributed by atoms with Crippen LogP contribution in [0.1, 0.15) is 50.3 Å². The first-order valence-corrected chi connectivity index (χ1v) is 133. The van der Waals surface area contributed by atoms with Crippen LogP contribution in [0.3, 0.4) is 0 Å². The van der Waals surface area contributed by atoms with Gasteiger partial charge in [-0.05, 0) is 35.8 Å². The number of primary amides is 1. The third kappa shape index (κ3) is 81.2. The third-order valence-electron chi connectivity index (χ3n) is 9.69. The fourth-order valence-electron chi connectivity index (χ4n) is 6.43. The molecule has 0 bridgehead atoms. The lowest BCUT2D eigenvalue weighted by atomic mass is 9.90. The van der Waals surface area contributed by atoms with Gasteiger partial charge in [-0.15, -0.1) is 0 Å². The minimum absolute atomic E-state index is 0.180. The summed E-state index contributed by atoms with van der Waals surface area (Å²) in [4.78, 5) is 31.2. The van der Waals surface area contributed by atoms with Crippen LogP contribution in [0, 0.1) is 11.8 Å².